The number of hydrogen-bond acceptors (Lipinski definition) is 5. The predicted molar refractivity (Wildman–Crippen MR) is 204 cm³/mol. The summed E-state index contributed by atoms with van der Waals surface area (Å²) in [5.74, 6) is -0.190. The van der Waals surface area contributed by atoms with Crippen LogP contribution in [0.25, 0.3) is 22.2 Å². The molecule has 0 bridgehead atoms. The van der Waals surface area contributed by atoms with Crippen molar-refractivity contribution in [3.63, 3.8) is 0 Å². The molecular weight excluding hydrogens is 687 g/mol. The van der Waals surface area contributed by atoms with Gasteiger partial charge in [0, 0.05) is 63.9 Å². The van der Waals surface area contributed by atoms with Gasteiger partial charge in [-0.15, -0.1) is 0 Å². The van der Waals surface area contributed by atoms with Crippen molar-refractivity contribution in [3.8, 4) is 6.07 Å². The van der Waals surface area contributed by atoms with Gasteiger partial charge in [0.1, 0.15) is 5.69 Å². The van der Waals surface area contributed by atoms with Gasteiger partial charge in [-0.1, -0.05) is 84.2 Å². The maximum absolute atomic E-state index is 14.8. The highest BCUT2D eigenvalue weighted by molar-refractivity contribution is 6.35. The number of piperazine rings is 1. The minimum atomic E-state index is -0.359. The van der Waals surface area contributed by atoms with Crippen LogP contribution >= 0.6 is 34.8 Å². The fourth-order valence-corrected chi connectivity index (χ4v) is 8.41. The Hall–Kier alpha value is -4.71. The number of hydrogen-bond donors (Lipinski definition) is 3. The van der Waals surface area contributed by atoms with Gasteiger partial charge < -0.3 is 25.4 Å². The number of allylic oxidation sites excluding steroid dienone is 2. The SMILES string of the molecule is CC1CC=CN2C(=C1c1ccccc1)c1c(C(=O)Nc3cc(C#N)ccc3N3CCNCC3)[nH]c3cc(Cl)cc(c13)C2c1ccc(Cl)cc1Cl. The lowest BCUT2D eigenvalue weighted by Gasteiger charge is -2.39. The maximum Gasteiger partial charge on any atom is 0.272 e. The Labute approximate surface area is 305 Å². The highest BCUT2D eigenvalue weighted by Crippen LogP contribution is 2.53. The number of nitrogens with zero attached hydrogens (tertiary/aromatic N) is 3. The standard InChI is InChI=1S/C40H33Cl3N6O/c1-23-6-5-15-49-38(28-11-10-26(41)20-30(28)43)29-19-27(42)21-32-35(29)36(39(49)34(23)25-7-3-2-4-8-25)37(46-32)40(50)47-31-18-24(22-44)9-12-33(31)48-16-13-45-14-17-48/h2-5,7-12,15,18-21,23,38,45-46H,6,13-14,16-17H2,1H3,(H,47,50). The molecule has 50 heavy (non-hydrogen) atoms. The van der Waals surface area contributed by atoms with Gasteiger partial charge in [0.15, 0.2) is 0 Å². The van der Waals surface area contributed by atoms with Crippen molar-refractivity contribution in [1.82, 2.24) is 15.2 Å². The van der Waals surface area contributed by atoms with Gasteiger partial charge in [0.05, 0.1) is 34.7 Å². The molecule has 3 N–H and O–H groups in total. The molecule has 250 valence electrons. The lowest BCUT2D eigenvalue weighted by atomic mass is 9.82. The Kier molecular flexibility index (Phi) is 8.58. The Bertz CT molecular complexity index is 2260. The van der Waals surface area contributed by atoms with E-state index in [-0.39, 0.29) is 17.9 Å². The van der Waals surface area contributed by atoms with Gasteiger partial charge in [-0.05, 0) is 77.1 Å². The molecule has 3 aliphatic rings. The van der Waals surface area contributed by atoms with Crippen LogP contribution in [-0.2, 0) is 0 Å². The minimum Gasteiger partial charge on any atom is -0.367 e. The summed E-state index contributed by atoms with van der Waals surface area (Å²) < 4.78 is 0. The number of nitriles is 1. The van der Waals surface area contributed by atoms with Crippen LogP contribution in [0.1, 0.15) is 57.7 Å². The van der Waals surface area contributed by atoms with E-state index in [9.17, 15) is 10.1 Å². The normalized spacial score (nSPS) is 18.5. The van der Waals surface area contributed by atoms with Gasteiger partial charge in [0.25, 0.3) is 5.91 Å². The highest BCUT2D eigenvalue weighted by Gasteiger charge is 2.40. The molecule has 1 fully saturated rings. The monoisotopic (exact) mass is 718 g/mol. The first-order valence-corrected chi connectivity index (χ1v) is 17.8. The van der Waals surface area contributed by atoms with Crippen LogP contribution < -0.4 is 15.5 Å². The summed E-state index contributed by atoms with van der Waals surface area (Å²) in [5.41, 5.74) is 8.80. The molecular formula is C40H33Cl3N6O. The Morgan fingerprint density at radius 3 is 2.50 bits per heavy atom. The van der Waals surface area contributed by atoms with Crippen LogP contribution in [0.2, 0.25) is 15.1 Å². The van der Waals surface area contributed by atoms with E-state index in [1.807, 2.05) is 48.5 Å². The Balaban J connectivity index is 1.40. The van der Waals surface area contributed by atoms with E-state index >= 15 is 0 Å². The summed E-state index contributed by atoms with van der Waals surface area (Å²) in [6.07, 6.45) is 5.09. The number of nitrogens with one attached hydrogen (secondary N) is 3. The fourth-order valence-electron chi connectivity index (χ4n) is 7.67. The second kappa shape index (κ2) is 13.2. The van der Waals surface area contributed by atoms with Crippen molar-refractivity contribution >= 4 is 74.3 Å². The number of amides is 1. The van der Waals surface area contributed by atoms with Crippen LogP contribution in [0.4, 0.5) is 11.4 Å². The molecule has 1 aromatic heterocycles. The number of aromatic amines is 1. The molecule has 5 aromatic rings. The number of benzene rings is 4. The average molecular weight is 720 g/mol. The summed E-state index contributed by atoms with van der Waals surface area (Å²) in [5, 5.41) is 18.9. The van der Waals surface area contributed by atoms with Gasteiger partial charge in [-0.3, -0.25) is 4.79 Å². The third-order valence-corrected chi connectivity index (χ3v) is 10.6. The van der Waals surface area contributed by atoms with Crippen molar-refractivity contribution in [2.45, 2.75) is 19.4 Å². The van der Waals surface area contributed by atoms with E-state index in [0.29, 0.717) is 32.0 Å². The van der Waals surface area contributed by atoms with Crippen molar-refractivity contribution in [2.24, 2.45) is 5.92 Å². The zero-order chi connectivity index (χ0) is 34.5. The van der Waals surface area contributed by atoms with E-state index in [2.05, 4.69) is 62.8 Å². The average Bonchev–Trinajstić information content (AvgIpc) is 3.41. The molecule has 3 aliphatic heterocycles. The molecule has 0 aliphatic carbocycles. The first-order valence-electron chi connectivity index (χ1n) is 16.7. The van der Waals surface area contributed by atoms with E-state index in [0.717, 1.165) is 82.7 Å². The molecule has 2 atom stereocenters. The third-order valence-electron chi connectivity index (χ3n) is 9.87. The Morgan fingerprint density at radius 2 is 1.74 bits per heavy atom. The van der Waals surface area contributed by atoms with E-state index in [4.69, 9.17) is 34.8 Å². The summed E-state index contributed by atoms with van der Waals surface area (Å²) in [6.45, 7) is 5.46. The van der Waals surface area contributed by atoms with Crippen LogP contribution in [0, 0.1) is 17.2 Å². The molecule has 0 radical (unpaired) electrons. The third kappa shape index (κ3) is 5.63. The zero-order valence-electron chi connectivity index (χ0n) is 27.2. The summed E-state index contributed by atoms with van der Waals surface area (Å²) in [4.78, 5) is 22.7. The first kappa shape index (κ1) is 32.5. The number of fused-ring (bicyclic) bond motifs is 2. The van der Waals surface area contributed by atoms with Crippen LogP contribution in [0.15, 0.2) is 91.1 Å². The van der Waals surface area contributed by atoms with E-state index in [1.54, 1.807) is 18.2 Å². The lowest BCUT2D eigenvalue weighted by molar-refractivity contribution is 0.102. The topological polar surface area (TPSA) is 87.2 Å². The molecule has 0 spiro atoms. The van der Waals surface area contributed by atoms with Gasteiger partial charge >= 0.3 is 0 Å². The van der Waals surface area contributed by atoms with Gasteiger partial charge in [-0.25, -0.2) is 0 Å². The van der Waals surface area contributed by atoms with Crippen molar-refractivity contribution in [2.75, 3.05) is 36.4 Å². The zero-order valence-corrected chi connectivity index (χ0v) is 29.5. The molecule has 1 amide bonds. The number of carbonyl (C=O) groups excluding carboxylic acids is 1. The van der Waals surface area contributed by atoms with E-state index < -0.39 is 0 Å². The smallest absolute Gasteiger partial charge is 0.272 e. The van der Waals surface area contributed by atoms with Crippen LogP contribution in [-0.4, -0.2) is 42.0 Å². The second-order valence-corrected chi connectivity index (χ2v) is 14.2. The predicted octanol–water partition coefficient (Wildman–Crippen LogP) is 9.49. The summed E-state index contributed by atoms with van der Waals surface area (Å²) >= 11 is 20.2. The molecule has 7 nitrogen and oxygen atoms in total. The number of rotatable bonds is 5. The quantitative estimate of drug-likeness (QED) is 0.169. The molecule has 8 rings (SSSR count). The largest absolute Gasteiger partial charge is 0.367 e. The molecule has 4 aromatic carbocycles. The number of aromatic nitrogens is 1. The van der Waals surface area contributed by atoms with Crippen molar-refractivity contribution in [1.29, 1.82) is 5.26 Å². The minimum absolute atomic E-state index is 0.122. The van der Waals surface area contributed by atoms with Gasteiger partial charge in [-0.2, -0.15) is 5.26 Å². The highest BCUT2D eigenvalue weighted by atomic mass is 35.5. The number of anilines is 2. The van der Waals surface area contributed by atoms with Crippen LogP contribution in [0.3, 0.4) is 0 Å². The summed E-state index contributed by atoms with van der Waals surface area (Å²) in [7, 11) is 0. The van der Waals surface area contributed by atoms with E-state index in [1.165, 1.54) is 0 Å². The molecule has 0 saturated carbocycles. The molecule has 4 heterocycles. The maximum atomic E-state index is 14.8. The number of halogens is 3. The Morgan fingerprint density at radius 1 is 0.940 bits per heavy atom. The first-order chi connectivity index (χ1) is 24.3. The second-order valence-electron chi connectivity index (χ2n) is 13.0. The molecule has 1 saturated heterocycles. The fraction of sp³-hybridized carbons (Fsp3) is 0.200. The number of carbonyl (C=O) groups is 1. The van der Waals surface area contributed by atoms with Crippen LogP contribution in [0.5, 0.6) is 0 Å². The lowest BCUT2D eigenvalue weighted by Crippen LogP contribution is -2.43. The summed E-state index contributed by atoms with van der Waals surface area (Å²) in [6, 6.07) is 27.1. The number of H-pyrrole nitrogens is 1. The van der Waals surface area contributed by atoms with Crippen molar-refractivity contribution < 1.29 is 4.79 Å². The van der Waals surface area contributed by atoms with Crippen molar-refractivity contribution in [3.05, 3.63) is 140 Å². The molecule has 10 heteroatoms. The molecule has 2 unspecified atom stereocenters. The van der Waals surface area contributed by atoms with Gasteiger partial charge in [0.2, 0.25) is 0 Å².